The lowest BCUT2D eigenvalue weighted by atomic mass is 10.1. The fourth-order valence-corrected chi connectivity index (χ4v) is 2.71. The second-order valence-corrected chi connectivity index (χ2v) is 6.15. The van der Waals surface area contributed by atoms with Gasteiger partial charge in [-0.15, -0.1) is 10.2 Å². The minimum absolute atomic E-state index is 0.0795. The summed E-state index contributed by atoms with van der Waals surface area (Å²) in [4.78, 5) is 12.3. The molecule has 0 saturated heterocycles. The third-order valence-electron chi connectivity index (χ3n) is 4.17. The van der Waals surface area contributed by atoms with Crippen molar-refractivity contribution in [3.63, 3.8) is 0 Å². The molecule has 0 aliphatic rings. The van der Waals surface area contributed by atoms with Crippen LogP contribution in [-0.4, -0.2) is 23.2 Å². The molecule has 0 atom stereocenters. The van der Waals surface area contributed by atoms with Crippen molar-refractivity contribution in [2.75, 3.05) is 17.7 Å². The number of hydrogen-bond donors (Lipinski definition) is 2. The molecule has 0 aliphatic carbocycles. The van der Waals surface area contributed by atoms with E-state index in [1.807, 2.05) is 63.4 Å². The number of anilines is 2. The molecule has 1 amide bonds. The molecule has 6 heteroatoms. The molecule has 2 aromatic carbocycles. The molecule has 1 heterocycles. The van der Waals surface area contributed by atoms with E-state index in [2.05, 4.69) is 20.8 Å². The Bertz CT molecular complexity index is 903. The highest BCUT2D eigenvalue weighted by molar-refractivity contribution is 5.92. The summed E-state index contributed by atoms with van der Waals surface area (Å²) in [5.74, 6) is 0.844. The third kappa shape index (κ3) is 4.08. The van der Waals surface area contributed by atoms with E-state index in [4.69, 9.17) is 4.42 Å². The van der Waals surface area contributed by atoms with Crippen molar-refractivity contribution in [1.82, 2.24) is 10.2 Å². The van der Waals surface area contributed by atoms with Crippen molar-refractivity contribution >= 4 is 17.3 Å². The number of benzene rings is 2. The van der Waals surface area contributed by atoms with Crippen molar-refractivity contribution in [2.24, 2.45) is 0 Å². The van der Waals surface area contributed by atoms with Crippen LogP contribution in [-0.2, 0) is 11.2 Å². The molecule has 0 fully saturated rings. The van der Waals surface area contributed by atoms with Gasteiger partial charge >= 0.3 is 0 Å². The predicted octanol–water partition coefficient (Wildman–Crippen LogP) is 3.97. The average Bonchev–Trinajstić information content (AvgIpc) is 3.12. The quantitative estimate of drug-likeness (QED) is 0.703. The van der Waals surface area contributed by atoms with Gasteiger partial charge in [-0.05, 0) is 49.2 Å². The number of rotatable bonds is 6. The van der Waals surface area contributed by atoms with Crippen LogP contribution >= 0.6 is 0 Å². The van der Waals surface area contributed by atoms with Crippen LogP contribution in [0.2, 0.25) is 0 Å². The van der Waals surface area contributed by atoms with E-state index in [0.29, 0.717) is 18.2 Å². The Morgan fingerprint density at radius 1 is 1.04 bits per heavy atom. The first-order valence-corrected chi connectivity index (χ1v) is 8.53. The number of amides is 1. The molecule has 2 N–H and O–H groups in total. The summed E-state index contributed by atoms with van der Waals surface area (Å²) >= 11 is 0. The largest absolute Gasteiger partial charge is 0.421 e. The second kappa shape index (κ2) is 7.82. The molecule has 0 spiro atoms. The van der Waals surface area contributed by atoms with Crippen LogP contribution in [0.5, 0.6) is 0 Å². The molecule has 0 bridgehead atoms. The smallest absolute Gasteiger partial charge is 0.247 e. The average molecular weight is 350 g/mol. The molecular weight excluding hydrogens is 328 g/mol. The summed E-state index contributed by atoms with van der Waals surface area (Å²) in [6.45, 7) is 3.98. The van der Waals surface area contributed by atoms with E-state index < -0.39 is 0 Å². The van der Waals surface area contributed by atoms with Crippen LogP contribution in [0, 0.1) is 13.8 Å². The van der Waals surface area contributed by atoms with Crippen molar-refractivity contribution in [3.8, 4) is 11.5 Å². The van der Waals surface area contributed by atoms with Crippen LogP contribution in [0.4, 0.5) is 11.4 Å². The lowest BCUT2D eigenvalue weighted by Gasteiger charge is -2.12. The van der Waals surface area contributed by atoms with Gasteiger partial charge in [0.05, 0.1) is 0 Å². The third-order valence-corrected chi connectivity index (χ3v) is 4.17. The first-order chi connectivity index (χ1) is 12.6. The Morgan fingerprint density at radius 2 is 1.73 bits per heavy atom. The zero-order valence-corrected chi connectivity index (χ0v) is 15.2. The zero-order valence-electron chi connectivity index (χ0n) is 15.2. The molecule has 26 heavy (non-hydrogen) atoms. The van der Waals surface area contributed by atoms with Crippen molar-refractivity contribution in [1.29, 1.82) is 0 Å². The molecule has 1 aromatic heterocycles. The van der Waals surface area contributed by atoms with Gasteiger partial charge in [0.15, 0.2) is 0 Å². The van der Waals surface area contributed by atoms with Gasteiger partial charge in [-0.2, -0.15) is 0 Å². The van der Waals surface area contributed by atoms with E-state index in [9.17, 15) is 4.79 Å². The van der Waals surface area contributed by atoms with Crippen LogP contribution in [0.25, 0.3) is 11.5 Å². The van der Waals surface area contributed by atoms with Crippen molar-refractivity contribution < 1.29 is 9.21 Å². The summed E-state index contributed by atoms with van der Waals surface area (Å²) < 4.78 is 5.63. The fourth-order valence-electron chi connectivity index (χ4n) is 2.71. The van der Waals surface area contributed by atoms with Gasteiger partial charge < -0.3 is 15.1 Å². The van der Waals surface area contributed by atoms with E-state index in [-0.39, 0.29) is 12.3 Å². The molecule has 6 nitrogen and oxygen atoms in total. The van der Waals surface area contributed by atoms with Gasteiger partial charge in [0.1, 0.15) is 0 Å². The predicted molar refractivity (Wildman–Crippen MR) is 102 cm³/mol. The molecule has 3 aromatic rings. The molecule has 0 radical (unpaired) electrons. The highest BCUT2D eigenvalue weighted by Crippen LogP contribution is 2.24. The van der Waals surface area contributed by atoms with Gasteiger partial charge in [0, 0.05) is 36.8 Å². The maximum atomic E-state index is 12.3. The van der Waals surface area contributed by atoms with Crippen molar-refractivity contribution in [3.05, 3.63) is 59.5 Å². The Labute approximate surface area is 152 Å². The SMILES string of the molecule is CNc1cc(C)c(NC(=O)CCc2nnc(-c3ccccc3)o2)cc1C. The van der Waals surface area contributed by atoms with Crippen LogP contribution in [0.15, 0.2) is 46.9 Å². The molecular formula is C20H22N4O2. The molecule has 3 rings (SSSR count). The van der Waals surface area contributed by atoms with Crippen LogP contribution < -0.4 is 10.6 Å². The molecule has 0 unspecified atom stereocenters. The fraction of sp³-hybridized carbons (Fsp3) is 0.250. The lowest BCUT2D eigenvalue weighted by Crippen LogP contribution is -2.13. The Kier molecular flexibility index (Phi) is 5.31. The number of carbonyl (C=O) groups is 1. The first kappa shape index (κ1) is 17.7. The summed E-state index contributed by atoms with van der Waals surface area (Å²) in [5.41, 5.74) is 4.84. The number of hydrogen-bond acceptors (Lipinski definition) is 5. The minimum Gasteiger partial charge on any atom is -0.421 e. The summed E-state index contributed by atoms with van der Waals surface area (Å²) in [5, 5.41) is 14.2. The second-order valence-electron chi connectivity index (χ2n) is 6.15. The first-order valence-electron chi connectivity index (χ1n) is 8.53. The molecule has 0 aliphatic heterocycles. The Balaban J connectivity index is 1.60. The maximum absolute atomic E-state index is 12.3. The minimum atomic E-state index is -0.0795. The zero-order chi connectivity index (χ0) is 18.5. The number of carbonyl (C=O) groups excluding carboxylic acids is 1. The highest BCUT2D eigenvalue weighted by Gasteiger charge is 2.12. The summed E-state index contributed by atoms with van der Waals surface area (Å²) in [6, 6.07) is 13.6. The maximum Gasteiger partial charge on any atom is 0.247 e. The highest BCUT2D eigenvalue weighted by atomic mass is 16.4. The summed E-state index contributed by atoms with van der Waals surface area (Å²) in [6.07, 6.45) is 0.682. The van der Waals surface area contributed by atoms with Crippen molar-refractivity contribution in [2.45, 2.75) is 26.7 Å². The number of nitrogens with one attached hydrogen (secondary N) is 2. The van der Waals surface area contributed by atoms with E-state index >= 15 is 0 Å². The van der Waals surface area contributed by atoms with Gasteiger partial charge in [-0.3, -0.25) is 4.79 Å². The van der Waals surface area contributed by atoms with Gasteiger partial charge in [-0.25, -0.2) is 0 Å². The van der Waals surface area contributed by atoms with Gasteiger partial charge in [0.25, 0.3) is 0 Å². The number of aryl methyl sites for hydroxylation is 3. The van der Waals surface area contributed by atoms with E-state index in [0.717, 1.165) is 28.1 Å². The number of aromatic nitrogens is 2. The standard InChI is InChI=1S/C20H22N4O2/c1-13-12-17(14(2)11-16(13)21-3)22-18(25)9-10-19-23-24-20(26-19)15-7-5-4-6-8-15/h4-8,11-12,21H,9-10H2,1-3H3,(H,22,25). The van der Waals surface area contributed by atoms with E-state index in [1.54, 1.807) is 0 Å². The van der Waals surface area contributed by atoms with Crippen LogP contribution in [0.3, 0.4) is 0 Å². The normalized spacial score (nSPS) is 10.6. The Hall–Kier alpha value is -3.15. The Morgan fingerprint density at radius 3 is 2.46 bits per heavy atom. The lowest BCUT2D eigenvalue weighted by molar-refractivity contribution is -0.116. The van der Waals surface area contributed by atoms with Gasteiger partial charge in [0.2, 0.25) is 17.7 Å². The van der Waals surface area contributed by atoms with Crippen LogP contribution in [0.1, 0.15) is 23.4 Å². The van der Waals surface area contributed by atoms with E-state index in [1.165, 1.54) is 0 Å². The topological polar surface area (TPSA) is 80.0 Å². The number of nitrogens with zero attached hydrogens (tertiary/aromatic N) is 2. The monoisotopic (exact) mass is 350 g/mol. The molecule has 0 saturated carbocycles. The van der Waals surface area contributed by atoms with Gasteiger partial charge in [-0.1, -0.05) is 18.2 Å². The summed E-state index contributed by atoms with van der Waals surface area (Å²) in [7, 11) is 1.88. The molecule has 134 valence electrons.